The zero-order valence-electron chi connectivity index (χ0n) is 9.41. The maximum Gasteiger partial charge on any atom is 0.217 e. The molecule has 1 radical (unpaired) electrons. The van der Waals surface area contributed by atoms with Crippen LogP contribution >= 0.6 is 0 Å². The van der Waals surface area contributed by atoms with Gasteiger partial charge in [-0.3, -0.25) is 4.79 Å². The highest BCUT2D eigenvalue weighted by molar-refractivity contribution is 5.62. The van der Waals surface area contributed by atoms with Crippen LogP contribution in [0.5, 0.6) is 0 Å². The van der Waals surface area contributed by atoms with Gasteiger partial charge in [0, 0.05) is 5.92 Å². The smallest absolute Gasteiger partial charge is 0.217 e. The molecule has 85 valence electrons. The average molecular weight is 224 g/mol. The van der Waals surface area contributed by atoms with Crippen LogP contribution in [0.2, 0.25) is 0 Å². The lowest BCUT2D eigenvalue weighted by molar-refractivity contribution is 0.532. The first-order valence-corrected chi connectivity index (χ1v) is 5.56. The zero-order chi connectivity index (χ0) is 12.1. The molecule has 0 spiro atoms. The summed E-state index contributed by atoms with van der Waals surface area (Å²) in [5.74, 6) is -0.130. The van der Waals surface area contributed by atoms with Gasteiger partial charge in [0.05, 0.1) is 6.04 Å². The van der Waals surface area contributed by atoms with Crippen molar-refractivity contribution in [1.82, 2.24) is 0 Å². The molecular weight excluding hydrogens is 210 g/mol. The third-order valence-corrected chi connectivity index (χ3v) is 2.81. The fraction of sp³-hybridized carbons (Fsp3) is 0.133. The van der Waals surface area contributed by atoms with Crippen molar-refractivity contribution in [2.75, 3.05) is 0 Å². The topological polar surface area (TPSA) is 43.1 Å². The molecule has 2 heteroatoms. The predicted molar refractivity (Wildman–Crippen MR) is 68.4 cm³/mol. The SMILES string of the molecule is NC([C]=O)C(c1ccccc1)c1ccccc1. The second-order valence-corrected chi connectivity index (χ2v) is 3.94. The van der Waals surface area contributed by atoms with E-state index in [-0.39, 0.29) is 5.92 Å². The highest BCUT2D eigenvalue weighted by Crippen LogP contribution is 2.26. The van der Waals surface area contributed by atoms with Crippen LogP contribution < -0.4 is 5.73 Å². The first-order chi connectivity index (χ1) is 8.33. The summed E-state index contributed by atoms with van der Waals surface area (Å²) in [7, 11) is 0. The number of carbonyl (C=O) groups excluding carboxylic acids is 1. The Morgan fingerprint density at radius 3 is 1.59 bits per heavy atom. The molecule has 0 aromatic heterocycles. The third-order valence-electron chi connectivity index (χ3n) is 2.81. The molecule has 2 nitrogen and oxygen atoms in total. The Hall–Kier alpha value is -1.93. The Morgan fingerprint density at radius 1 is 0.824 bits per heavy atom. The summed E-state index contributed by atoms with van der Waals surface area (Å²) in [4.78, 5) is 10.8. The highest BCUT2D eigenvalue weighted by Gasteiger charge is 2.21. The minimum atomic E-state index is -0.639. The number of hydrogen-bond acceptors (Lipinski definition) is 2. The molecule has 0 amide bonds. The molecule has 2 rings (SSSR count). The molecule has 0 bridgehead atoms. The minimum absolute atomic E-state index is 0.130. The molecule has 2 aromatic carbocycles. The first-order valence-electron chi connectivity index (χ1n) is 5.56. The van der Waals surface area contributed by atoms with E-state index in [0.717, 1.165) is 11.1 Å². The van der Waals surface area contributed by atoms with Gasteiger partial charge in [-0.2, -0.15) is 0 Å². The van der Waals surface area contributed by atoms with Crippen LogP contribution in [0.25, 0.3) is 0 Å². The van der Waals surface area contributed by atoms with E-state index in [2.05, 4.69) is 0 Å². The van der Waals surface area contributed by atoms with Gasteiger partial charge >= 0.3 is 0 Å². The maximum absolute atomic E-state index is 10.8. The summed E-state index contributed by atoms with van der Waals surface area (Å²) >= 11 is 0. The van der Waals surface area contributed by atoms with E-state index in [0.29, 0.717) is 0 Å². The van der Waals surface area contributed by atoms with Crippen LogP contribution in [0, 0.1) is 0 Å². The van der Waals surface area contributed by atoms with Crippen LogP contribution in [0.1, 0.15) is 17.0 Å². The van der Waals surface area contributed by atoms with Crippen molar-refractivity contribution in [2.24, 2.45) is 5.73 Å². The summed E-state index contributed by atoms with van der Waals surface area (Å²) in [6.45, 7) is 0. The van der Waals surface area contributed by atoms with Crippen molar-refractivity contribution in [3.63, 3.8) is 0 Å². The van der Waals surface area contributed by atoms with Gasteiger partial charge in [0.25, 0.3) is 0 Å². The van der Waals surface area contributed by atoms with Crippen molar-refractivity contribution >= 4 is 6.29 Å². The molecule has 2 N–H and O–H groups in total. The van der Waals surface area contributed by atoms with Crippen molar-refractivity contribution < 1.29 is 4.79 Å². The van der Waals surface area contributed by atoms with Gasteiger partial charge < -0.3 is 5.73 Å². The van der Waals surface area contributed by atoms with Crippen molar-refractivity contribution in [1.29, 1.82) is 0 Å². The lowest BCUT2D eigenvalue weighted by Crippen LogP contribution is -2.30. The molecule has 1 unspecified atom stereocenters. The van der Waals surface area contributed by atoms with Gasteiger partial charge in [-0.05, 0) is 11.1 Å². The van der Waals surface area contributed by atoms with E-state index >= 15 is 0 Å². The Bertz CT molecular complexity index is 427. The Morgan fingerprint density at radius 2 is 1.24 bits per heavy atom. The van der Waals surface area contributed by atoms with Crippen LogP contribution in [-0.4, -0.2) is 12.3 Å². The van der Waals surface area contributed by atoms with E-state index in [9.17, 15) is 4.79 Å². The summed E-state index contributed by atoms with van der Waals surface area (Å²) in [5, 5.41) is 0. The second kappa shape index (κ2) is 5.41. The lowest BCUT2D eigenvalue weighted by Gasteiger charge is -2.20. The largest absolute Gasteiger partial charge is 0.320 e. The summed E-state index contributed by atoms with van der Waals surface area (Å²) < 4.78 is 0. The molecular formula is C15H14NO. The summed E-state index contributed by atoms with van der Waals surface area (Å²) in [6, 6.07) is 19.0. The summed E-state index contributed by atoms with van der Waals surface area (Å²) in [5.41, 5.74) is 7.93. The molecule has 0 heterocycles. The third kappa shape index (κ3) is 2.60. The van der Waals surface area contributed by atoms with E-state index in [1.54, 1.807) is 0 Å². The average Bonchev–Trinajstić information content (AvgIpc) is 2.41. The molecule has 1 atom stereocenters. The van der Waals surface area contributed by atoms with E-state index in [1.807, 2.05) is 66.9 Å². The molecule has 0 fully saturated rings. The molecule has 0 aliphatic heterocycles. The number of nitrogens with two attached hydrogens (primary N) is 1. The second-order valence-electron chi connectivity index (χ2n) is 3.94. The standard InChI is InChI=1S/C15H14NO/c16-14(11-17)15(12-7-3-1-4-8-12)13-9-5-2-6-10-13/h1-10,14-15H,16H2. The zero-order valence-corrected chi connectivity index (χ0v) is 9.41. The van der Waals surface area contributed by atoms with E-state index in [1.165, 1.54) is 0 Å². The highest BCUT2D eigenvalue weighted by atomic mass is 16.1. The number of hydrogen-bond donors (Lipinski definition) is 1. The molecule has 17 heavy (non-hydrogen) atoms. The number of rotatable bonds is 4. The fourth-order valence-corrected chi connectivity index (χ4v) is 2.00. The maximum atomic E-state index is 10.8. The molecule has 0 aliphatic rings. The van der Waals surface area contributed by atoms with Crippen molar-refractivity contribution in [3.05, 3.63) is 71.8 Å². The van der Waals surface area contributed by atoms with Crippen LogP contribution in [0.4, 0.5) is 0 Å². The minimum Gasteiger partial charge on any atom is -0.320 e. The quantitative estimate of drug-likeness (QED) is 0.865. The normalized spacial score (nSPS) is 12.4. The Kier molecular flexibility index (Phi) is 3.68. The van der Waals surface area contributed by atoms with Crippen molar-refractivity contribution in [3.8, 4) is 0 Å². The molecule has 0 aliphatic carbocycles. The fourth-order valence-electron chi connectivity index (χ4n) is 2.00. The van der Waals surface area contributed by atoms with Gasteiger partial charge in [0.15, 0.2) is 0 Å². The lowest BCUT2D eigenvalue weighted by atomic mass is 9.86. The number of benzene rings is 2. The van der Waals surface area contributed by atoms with Gasteiger partial charge in [0.1, 0.15) is 0 Å². The van der Waals surface area contributed by atoms with Crippen LogP contribution in [0.15, 0.2) is 60.7 Å². The summed E-state index contributed by atoms with van der Waals surface area (Å²) in [6.07, 6.45) is 1.89. The van der Waals surface area contributed by atoms with Gasteiger partial charge in [-0.15, -0.1) is 0 Å². The van der Waals surface area contributed by atoms with Gasteiger partial charge in [-0.1, -0.05) is 60.7 Å². The Balaban J connectivity index is 2.43. The molecule has 0 saturated heterocycles. The van der Waals surface area contributed by atoms with Gasteiger partial charge in [0.2, 0.25) is 6.29 Å². The van der Waals surface area contributed by atoms with E-state index in [4.69, 9.17) is 5.73 Å². The predicted octanol–water partition coefficient (Wildman–Crippen LogP) is 2.26. The first kappa shape index (κ1) is 11.6. The van der Waals surface area contributed by atoms with Crippen LogP contribution in [0.3, 0.4) is 0 Å². The molecule has 2 aromatic rings. The Labute approximate surface area is 101 Å². The molecule has 0 saturated carbocycles. The monoisotopic (exact) mass is 224 g/mol. The van der Waals surface area contributed by atoms with E-state index < -0.39 is 6.04 Å². The van der Waals surface area contributed by atoms with Crippen molar-refractivity contribution in [2.45, 2.75) is 12.0 Å². The van der Waals surface area contributed by atoms with Crippen LogP contribution in [-0.2, 0) is 4.79 Å². The van der Waals surface area contributed by atoms with Gasteiger partial charge in [-0.25, -0.2) is 0 Å².